The van der Waals surface area contributed by atoms with Crippen molar-refractivity contribution >= 4 is 23.2 Å². The summed E-state index contributed by atoms with van der Waals surface area (Å²) in [6.45, 7) is 1.96. The quantitative estimate of drug-likeness (QED) is 0.869. The third kappa shape index (κ3) is 4.68. The first kappa shape index (κ1) is 16.8. The summed E-state index contributed by atoms with van der Waals surface area (Å²) in [6, 6.07) is 2.46. The molecule has 3 N–H and O–H groups in total. The maximum atomic E-state index is 12.7. The number of hydrogen-bond acceptors (Lipinski definition) is 2. The second kappa shape index (κ2) is 6.95. The topological polar surface area (TPSA) is 55.1 Å². The van der Waals surface area contributed by atoms with Crippen LogP contribution in [0, 0.1) is 0 Å². The number of alkyl halides is 3. The molecule has 0 aliphatic carbocycles. The van der Waals surface area contributed by atoms with Gasteiger partial charge in [0.15, 0.2) is 0 Å². The van der Waals surface area contributed by atoms with Crippen LogP contribution in [0.1, 0.15) is 31.7 Å². The van der Waals surface area contributed by atoms with E-state index in [-0.39, 0.29) is 5.69 Å². The number of rotatable bonds is 5. The maximum Gasteiger partial charge on any atom is 0.417 e. The highest BCUT2D eigenvalue weighted by atomic mass is 35.5. The molecule has 112 valence electrons. The Balaban J connectivity index is 2.81. The fraction of sp³-hybridized carbons (Fsp3) is 0.462. The monoisotopic (exact) mass is 308 g/mol. The summed E-state index contributed by atoms with van der Waals surface area (Å²) >= 11 is 5.49. The van der Waals surface area contributed by atoms with Gasteiger partial charge in [-0.25, -0.2) is 0 Å². The van der Waals surface area contributed by atoms with Crippen LogP contribution in [0.2, 0.25) is 5.02 Å². The number of unbranched alkanes of at least 4 members (excludes halogenated alkanes) is 1. The SMILES string of the molecule is CCCCC(N)C(=O)Nc1ccc(Cl)c(C(F)(F)F)c1. The highest BCUT2D eigenvalue weighted by molar-refractivity contribution is 6.31. The molecule has 0 aromatic heterocycles. The summed E-state index contributed by atoms with van der Waals surface area (Å²) in [7, 11) is 0. The Hall–Kier alpha value is -1.27. The third-order valence-corrected chi connectivity index (χ3v) is 3.07. The van der Waals surface area contributed by atoms with Gasteiger partial charge in [0.05, 0.1) is 16.6 Å². The number of anilines is 1. The first-order valence-corrected chi connectivity index (χ1v) is 6.56. The Kier molecular flexibility index (Phi) is 5.83. The smallest absolute Gasteiger partial charge is 0.325 e. The highest BCUT2D eigenvalue weighted by Crippen LogP contribution is 2.36. The van der Waals surface area contributed by atoms with E-state index in [9.17, 15) is 18.0 Å². The molecule has 0 spiro atoms. The molecule has 0 fully saturated rings. The predicted octanol–water partition coefficient (Wildman–Crippen LogP) is 3.81. The molecule has 0 saturated heterocycles. The molecule has 1 aromatic rings. The lowest BCUT2D eigenvalue weighted by Crippen LogP contribution is -2.35. The van der Waals surface area contributed by atoms with E-state index >= 15 is 0 Å². The minimum absolute atomic E-state index is 0.0265. The van der Waals surface area contributed by atoms with Crippen LogP contribution in [0.3, 0.4) is 0 Å². The Bertz CT molecular complexity index is 477. The van der Waals surface area contributed by atoms with Crippen LogP contribution in [0.25, 0.3) is 0 Å². The van der Waals surface area contributed by atoms with E-state index in [4.69, 9.17) is 17.3 Å². The van der Waals surface area contributed by atoms with Crippen molar-refractivity contribution in [2.75, 3.05) is 5.32 Å². The molecule has 0 bridgehead atoms. The number of halogens is 4. The number of amides is 1. The Morgan fingerprint density at radius 1 is 1.45 bits per heavy atom. The third-order valence-electron chi connectivity index (χ3n) is 2.74. The summed E-state index contributed by atoms with van der Waals surface area (Å²) in [5.41, 5.74) is 4.68. The molecule has 7 heteroatoms. The van der Waals surface area contributed by atoms with E-state index in [0.29, 0.717) is 6.42 Å². The zero-order valence-electron chi connectivity index (χ0n) is 10.9. The number of nitrogens with one attached hydrogen (secondary N) is 1. The zero-order chi connectivity index (χ0) is 15.3. The lowest BCUT2D eigenvalue weighted by atomic mass is 10.1. The van der Waals surface area contributed by atoms with Crippen molar-refractivity contribution in [1.82, 2.24) is 0 Å². The Morgan fingerprint density at radius 3 is 2.65 bits per heavy atom. The van der Waals surface area contributed by atoms with E-state index < -0.39 is 28.7 Å². The summed E-state index contributed by atoms with van der Waals surface area (Å²) in [6.07, 6.45) is -2.41. The van der Waals surface area contributed by atoms with E-state index in [1.165, 1.54) is 6.07 Å². The molecule has 20 heavy (non-hydrogen) atoms. The van der Waals surface area contributed by atoms with Crippen LogP contribution in [-0.2, 0) is 11.0 Å². The summed E-state index contributed by atoms with van der Waals surface area (Å²) < 4.78 is 38.0. The lowest BCUT2D eigenvalue weighted by Gasteiger charge is -2.14. The van der Waals surface area contributed by atoms with Crippen LogP contribution in [-0.4, -0.2) is 11.9 Å². The van der Waals surface area contributed by atoms with Gasteiger partial charge in [0.2, 0.25) is 5.91 Å². The minimum atomic E-state index is -4.57. The van der Waals surface area contributed by atoms with Crippen LogP contribution >= 0.6 is 11.6 Å². The second-order valence-corrected chi connectivity index (χ2v) is 4.84. The van der Waals surface area contributed by atoms with Crippen LogP contribution in [0.15, 0.2) is 18.2 Å². The van der Waals surface area contributed by atoms with E-state index in [2.05, 4.69) is 5.32 Å². The van der Waals surface area contributed by atoms with Gasteiger partial charge in [-0.3, -0.25) is 4.79 Å². The molecule has 1 unspecified atom stereocenters. The van der Waals surface area contributed by atoms with Gasteiger partial charge in [-0.1, -0.05) is 31.4 Å². The normalized spacial score (nSPS) is 13.1. The van der Waals surface area contributed by atoms with Crippen molar-refractivity contribution < 1.29 is 18.0 Å². The largest absolute Gasteiger partial charge is 0.417 e. The average Bonchev–Trinajstić information content (AvgIpc) is 2.36. The average molecular weight is 309 g/mol. The molecule has 0 aliphatic heterocycles. The first-order valence-electron chi connectivity index (χ1n) is 6.19. The summed E-state index contributed by atoms with van der Waals surface area (Å²) in [5, 5.41) is 1.96. The van der Waals surface area contributed by atoms with Crippen molar-refractivity contribution in [1.29, 1.82) is 0 Å². The molecule has 1 rings (SSSR count). The minimum Gasteiger partial charge on any atom is -0.325 e. The molecular formula is C13H16ClF3N2O. The molecule has 1 atom stereocenters. The second-order valence-electron chi connectivity index (χ2n) is 4.43. The van der Waals surface area contributed by atoms with Crippen LogP contribution in [0.5, 0.6) is 0 Å². The Labute approximate surface area is 120 Å². The van der Waals surface area contributed by atoms with E-state index in [1.54, 1.807) is 0 Å². The number of carbonyl (C=O) groups excluding carboxylic acids is 1. The van der Waals surface area contributed by atoms with Crippen LogP contribution < -0.4 is 11.1 Å². The van der Waals surface area contributed by atoms with Crippen molar-refractivity contribution in [3.05, 3.63) is 28.8 Å². The molecule has 3 nitrogen and oxygen atoms in total. The van der Waals surface area contributed by atoms with Gasteiger partial charge >= 0.3 is 6.18 Å². The Morgan fingerprint density at radius 2 is 2.10 bits per heavy atom. The predicted molar refractivity (Wildman–Crippen MR) is 72.6 cm³/mol. The summed E-state index contributed by atoms with van der Waals surface area (Å²) in [4.78, 5) is 11.7. The van der Waals surface area contributed by atoms with Crippen LogP contribution in [0.4, 0.5) is 18.9 Å². The maximum absolute atomic E-state index is 12.7. The van der Waals surface area contributed by atoms with E-state index in [0.717, 1.165) is 25.0 Å². The lowest BCUT2D eigenvalue weighted by molar-refractivity contribution is -0.137. The van der Waals surface area contributed by atoms with Gasteiger partial charge in [-0.2, -0.15) is 13.2 Å². The van der Waals surface area contributed by atoms with Crippen molar-refractivity contribution in [3.8, 4) is 0 Å². The standard InChI is InChI=1S/C13H16ClF3N2O/c1-2-3-4-11(18)12(20)19-8-5-6-10(14)9(7-8)13(15,16)17/h5-7,11H,2-4,18H2,1H3,(H,19,20). The van der Waals surface area contributed by atoms with Gasteiger partial charge in [-0.05, 0) is 24.6 Å². The van der Waals surface area contributed by atoms with Crippen molar-refractivity contribution in [2.24, 2.45) is 5.73 Å². The number of benzene rings is 1. The van der Waals surface area contributed by atoms with Gasteiger partial charge in [0, 0.05) is 5.69 Å². The molecule has 1 aromatic carbocycles. The molecule has 0 saturated carbocycles. The fourth-order valence-electron chi connectivity index (χ4n) is 1.61. The van der Waals surface area contributed by atoms with Crippen molar-refractivity contribution in [3.63, 3.8) is 0 Å². The van der Waals surface area contributed by atoms with Crippen molar-refractivity contribution in [2.45, 2.75) is 38.4 Å². The van der Waals surface area contributed by atoms with E-state index in [1.807, 2.05) is 6.92 Å². The van der Waals surface area contributed by atoms with Gasteiger partial charge in [0.25, 0.3) is 0 Å². The molecular weight excluding hydrogens is 293 g/mol. The highest BCUT2D eigenvalue weighted by Gasteiger charge is 2.33. The molecule has 0 radical (unpaired) electrons. The molecule has 0 heterocycles. The summed E-state index contributed by atoms with van der Waals surface area (Å²) in [5.74, 6) is -0.506. The van der Waals surface area contributed by atoms with Gasteiger partial charge in [0.1, 0.15) is 0 Å². The fourth-order valence-corrected chi connectivity index (χ4v) is 1.84. The first-order chi connectivity index (χ1) is 9.25. The molecule has 1 amide bonds. The van der Waals surface area contributed by atoms with Gasteiger partial charge in [-0.15, -0.1) is 0 Å². The van der Waals surface area contributed by atoms with Gasteiger partial charge < -0.3 is 11.1 Å². The number of nitrogens with two attached hydrogens (primary N) is 1. The zero-order valence-corrected chi connectivity index (χ0v) is 11.7. The number of carbonyl (C=O) groups is 1. The number of hydrogen-bond donors (Lipinski definition) is 2. The molecule has 0 aliphatic rings.